The van der Waals surface area contributed by atoms with Gasteiger partial charge in [-0.05, 0) is 24.1 Å². The number of para-hydroxylation sites is 2. The van der Waals surface area contributed by atoms with E-state index in [1.807, 2.05) is 6.92 Å². The van der Waals surface area contributed by atoms with Gasteiger partial charge in [0.1, 0.15) is 5.52 Å². The summed E-state index contributed by atoms with van der Waals surface area (Å²) in [5.74, 6) is -1.25. The van der Waals surface area contributed by atoms with E-state index < -0.39 is 39.7 Å². The van der Waals surface area contributed by atoms with Gasteiger partial charge in [0.15, 0.2) is 21.5 Å². The number of benzene rings is 2. The molecule has 31 heavy (non-hydrogen) atoms. The number of oxazole rings is 1. The van der Waals surface area contributed by atoms with E-state index in [4.69, 9.17) is 10.2 Å². The minimum atomic E-state index is -3.60. The predicted molar refractivity (Wildman–Crippen MR) is 118 cm³/mol. The molecule has 0 spiro atoms. The highest BCUT2D eigenvalue weighted by Gasteiger charge is 2.30. The molecule has 2 aromatic carbocycles. The van der Waals surface area contributed by atoms with Crippen molar-refractivity contribution in [1.29, 1.82) is 0 Å². The number of hydrogen-bond donors (Lipinski definition) is 3. The fourth-order valence-electron chi connectivity index (χ4n) is 3.33. The Hall–Kier alpha value is -2.75. The predicted octanol–water partition coefficient (Wildman–Crippen LogP) is 2.09. The van der Waals surface area contributed by atoms with Gasteiger partial charge in [-0.3, -0.25) is 4.79 Å². The van der Waals surface area contributed by atoms with Crippen LogP contribution in [0, 0.1) is 0 Å². The second-order valence-electron chi connectivity index (χ2n) is 7.52. The van der Waals surface area contributed by atoms with E-state index in [1.54, 1.807) is 54.6 Å². The Morgan fingerprint density at radius 1 is 1.16 bits per heavy atom. The van der Waals surface area contributed by atoms with Crippen molar-refractivity contribution in [2.24, 2.45) is 5.73 Å². The molecular formula is C22H27N3O5S. The number of nitrogens with zero attached hydrogens (tertiary/aromatic N) is 1. The van der Waals surface area contributed by atoms with E-state index in [0.29, 0.717) is 29.5 Å². The molecule has 9 heteroatoms. The highest BCUT2D eigenvalue weighted by molar-refractivity contribution is 7.90. The molecule has 0 radical (unpaired) electrons. The zero-order chi connectivity index (χ0) is 22.4. The van der Waals surface area contributed by atoms with Gasteiger partial charge in [0, 0.05) is 0 Å². The van der Waals surface area contributed by atoms with Crippen molar-refractivity contribution in [3.8, 4) is 0 Å². The smallest absolute Gasteiger partial charge is 0.238 e. The van der Waals surface area contributed by atoms with Crippen LogP contribution < -0.4 is 11.1 Å². The standard InChI is InChI=1S/C22H27N3O5S/c1-2-8-18(20(26)22-25-17-11-6-7-12-19(17)30-22)24-21(27)16(23)14-31(28,29)13-15-9-4-3-5-10-15/h3-7,9-12,16,18,20,26H,2,8,13-14,23H2,1H3,(H,24,27)/t16-,18?,20?/m0/s1. The number of nitrogens with two attached hydrogens (primary N) is 1. The minimum absolute atomic E-state index is 0.0882. The van der Waals surface area contributed by atoms with E-state index in [9.17, 15) is 18.3 Å². The third kappa shape index (κ3) is 6.13. The number of nitrogens with one attached hydrogen (secondary N) is 1. The topological polar surface area (TPSA) is 136 Å². The summed E-state index contributed by atoms with van der Waals surface area (Å²) in [7, 11) is -3.60. The Labute approximate surface area is 181 Å². The Balaban J connectivity index is 1.66. The van der Waals surface area contributed by atoms with Crippen LogP contribution in [0.25, 0.3) is 11.1 Å². The average Bonchev–Trinajstić information content (AvgIpc) is 3.17. The first-order valence-corrected chi connectivity index (χ1v) is 11.9. The molecule has 4 N–H and O–H groups in total. The molecule has 8 nitrogen and oxygen atoms in total. The van der Waals surface area contributed by atoms with Gasteiger partial charge in [-0.15, -0.1) is 0 Å². The van der Waals surface area contributed by atoms with Crippen LogP contribution in [0.1, 0.15) is 37.3 Å². The van der Waals surface area contributed by atoms with E-state index in [-0.39, 0.29) is 11.6 Å². The first kappa shape index (κ1) is 22.9. The molecule has 0 aliphatic heterocycles. The molecule has 3 atom stereocenters. The van der Waals surface area contributed by atoms with Gasteiger partial charge in [0.25, 0.3) is 0 Å². The van der Waals surface area contributed by atoms with E-state index in [1.165, 1.54) is 0 Å². The van der Waals surface area contributed by atoms with Crippen molar-refractivity contribution >= 4 is 26.8 Å². The van der Waals surface area contributed by atoms with Gasteiger partial charge in [0.2, 0.25) is 11.8 Å². The maximum atomic E-state index is 12.6. The monoisotopic (exact) mass is 445 g/mol. The van der Waals surface area contributed by atoms with Gasteiger partial charge in [-0.25, -0.2) is 13.4 Å². The summed E-state index contributed by atoms with van der Waals surface area (Å²) in [5.41, 5.74) is 7.65. The number of amides is 1. The van der Waals surface area contributed by atoms with Gasteiger partial charge in [-0.1, -0.05) is 55.8 Å². The lowest BCUT2D eigenvalue weighted by molar-refractivity contribution is -0.123. The summed E-state index contributed by atoms with van der Waals surface area (Å²) >= 11 is 0. The lowest BCUT2D eigenvalue weighted by atomic mass is 10.1. The van der Waals surface area contributed by atoms with Crippen LogP contribution in [0.3, 0.4) is 0 Å². The second-order valence-corrected chi connectivity index (χ2v) is 9.62. The Bertz CT molecular complexity index is 1080. The van der Waals surface area contributed by atoms with Crippen LogP contribution in [-0.2, 0) is 20.4 Å². The molecule has 1 heterocycles. The van der Waals surface area contributed by atoms with Gasteiger partial charge in [0.05, 0.1) is 23.6 Å². The van der Waals surface area contributed by atoms with Gasteiger partial charge < -0.3 is 20.6 Å². The van der Waals surface area contributed by atoms with Crippen molar-refractivity contribution in [1.82, 2.24) is 10.3 Å². The van der Waals surface area contributed by atoms with Crippen LogP contribution in [-0.4, -0.2) is 42.3 Å². The molecule has 1 aromatic heterocycles. The molecule has 0 aliphatic rings. The third-order valence-corrected chi connectivity index (χ3v) is 6.51. The number of carbonyl (C=O) groups is 1. The molecule has 0 aliphatic carbocycles. The Morgan fingerprint density at radius 2 is 1.84 bits per heavy atom. The number of hydrogen-bond acceptors (Lipinski definition) is 7. The number of carbonyl (C=O) groups excluding carboxylic acids is 1. The molecule has 3 rings (SSSR count). The summed E-state index contributed by atoms with van der Waals surface area (Å²) in [5, 5.41) is 13.4. The Morgan fingerprint density at radius 3 is 2.52 bits per heavy atom. The SMILES string of the molecule is CCCC(NC(=O)[C@@H](N)CS(=O)(=O)Cc1ccccc1)C(O)c1nc2ccccc2o1. The second kappa shape index (κ2) is 10.0. The normalized spacial score (nSPS) is 14.8. The van der Waals surface area contributed by atoms with E-state index in [2.05, 4.69) is 10.3 Å². The average molecular weight is 446 g/mol. The molecular weight excluding hydrogens is 418 g/mol. The fraction of sp³-hybridized carbons (Fsp3) is 0.364. The number of aromatic nitrogens is 1. The zero-order valence-electron chi connectivity index (χ0n) is 17.3. The van der Waals surface area contributed by atoms with Crippen LogP contribution in [0.4, 0.5) is 0 Å². The van der Waals surface area contributed by atoms with Crippen molar-refractivity contribution in [2.75, 3.05) is 5.75 Å². The van der Waals surface area contributed by atoms with Gasteiger partial charge >= 0.3 is 0 Å². The van der Waals surface area contributed by atoms with Crippen molar-refractivity contribution in [3.05, 3.63) is 66.1 Å². The molecule has 2 unspecified atom stereocenters. The summed E-state index contributed by atoms with van der Waals surface area (Å²) in [6, 6.07) is 13.8. The quantitative estimate of drug-likeness (QED) is 0.435. The molecule has 0 fully saturated rings. The number of fused-ring (bicyclic) bond motifs is 1. The maximum Gasteiger partial charge on any atom is 0.238 e. The first-order chi connectivity index (χ1) is 14.8. The van der Waals surface area contributed by atoms with E-state index >= 15 is 0 Å². The van der Waals surface area contributed by atoms with Crippen LogP contribution >= 0.6 is 0 Å². The van der Waals surface area contributed by atoms with Crippen molar-refractivity contribution in [2.45, 2.75) is 43.7 Å². The van der Waals surface area contributed by atoms with Crippen LogP contribution in [0.15, 0.2) is 59.0 Å². The number of sulfone groups is 1. The summed E-state index contributed by atoms with van der Waals surface area (Å²) in [6.07, 6.45) is -0.0803. The number of aliphatic hydroxyl groups excluding tert-OH is 1. The van der Waals surface area contributed by atoms with Gasteiger partial charge in [-0.2, -0.15) is 0 Å². The summed E-state index contributed by atoms with van der Waals surface area (Å²) in [4.78, 5) is 16.9. The molecule has 0 bridgehead atoms. The maximum absolute atomic E-state index is 12.6. The summed E-state index contributed by atoms with van der Waals surface area (Å²) < 4.78 is 30.5. The molecule has 0 saturated carbocycles. The molecule has 166 valence electrons. The first-order valence-electron chi connectivity index (χ1n) is 10.1. The molecule has 0 saturated heterocycles. The van der Waals surface area contributed by atoms with Crippen molar-refractivity contribution < 1.29 is 22.7 Å². The van der Waals surface area contributed by atoms with Crippen LogP contribution in [0.2, 0.25) is 0 Å². The third-order valence-electron chi connectivity index (χ3n) is 4.87. The summed E-state index contributed by atoms with van der Waals surface area (Å²) in [6.45, 7) is 1.90. The number of aliphatic hydroxyl groups is 1. The van der Waals surface area contributed by atoms with Crippen molar-refractivity contribution in [3.63, 3.8) is 0 Å². The van der Waals surface area contributed by atoms with E-state index in [0.717, 1.165) is 0 Å². The fourth-order valence-corrected chi connectivity index (χ4v) is 4.85. The molecule has 3 aromatic rings. The highest BCUT2D eigenvalue weighted by atomic mass is 32.2. The van der Waals surface area contributed by atoms with Crippen LogP contribution in [0.5, 0.6) is 0 Å². The minimum Gasteiger partial charge on any atom is -0.438 e. The number of rotatable bonds is 10. The largest absolute Gasteiger partial charge is 0.438 e. The molecule has 1 amide bonds. The lowest BCUT2D eigenvalue weighted by Crippen LogP contribution is -2.50. The lowest BCUT2D eigenvalue weighted by Gasteiger charge is -2.23. The highest BCUT2D eigenvalue weighted by Crippen LogP contribution is 2.24. The Kier molecular flexibility index (Phi) is 7.42. The zero-order valence-corrected chi connectivity index (χ0v) is 18.1.